The molecule has 1 fully saturated rings. The zero-order valence-corrected chi connectivity index (χ0v) is 11.6. The molecule has 0 radical (unpaired) electrons. The molecule has 0 aromatic carbocycles. The molecule has 17 heavy (non-hydrogen) atoms. The van der Waals surface area contributed by atoms with Crippen LogP contribution < -0.4 is 5.73 Å². The summed E-state index contributed by atoms with van der Waals surface area (Å²) in [4.78, 5) is 4.88. The van der Waals surface area contributed by atoms with Gasteiger partial charge in [-0.2, -0.15) is 11.3 Å². The van der Waals surface area contributed by atoms with Crippen LogP contribution in [-0.2, 0) is 0 Å². The maximum atomic E-state index is 5.99. The maximum absolute atomic E-state index is 5.99. The van der Waals surface area contributed by atoms with Gasteiger partial charge < -0.3 is 10.6 Å². The average molecular weight is 253 g/mol. The predicted octanol–water partition coefficient (Wildman–Crippen LogP) is 1.77. The third-order valence-corrected chi connectivity index (χ3v) is 4.25. The van der Waals surface area contributed by atoms with Crippen LogP contribution in [0.4, 0.5) is 0 Å². The number of thiophene rings is 1. The van der Waals surface area contributed by atoms with E-state index in [0.717, 1.165) is 13.1 Å². The molecule has 1 aliphatic heterocycles. The Labute approximate surface area is 108 Å². The minimum atomic E-state index is 0.411. The minimum Gasteiger partial charge on any atom is -0.329 e. The van der Waals surface area contributed by atoms with Crippen LogP contribution in [0.3, 0.4) is 0 Å². The molecule has 2 rings (SSSR count). The van der Waals surface area contributed by atoms with Crippen molar-refractivity contribution in [2.45, 2.75) is 24.9 Å². The van der Waals surface area contributed by atoms with Crippen molar-refractivity contribution in [3.63, 3.8) is 0 Å². The maximum Gasteiger partial charge on any atom is 0.0482 e. The molecule has 2 heterocycles. The highest BCUT2D eigenvalue weighted by Gasteiger charge is 2.31. The average Bonchev–Trinajstić information content (AvgIpc) is 2.91. The molecule has 0 bridgehead atoms. The Bertz CT molecular complexity index is 323. The van der Waals surface area contributed by atoms with E-state index in [4.69, 9.17) is 5.73 Å². The quantitative estimate of drug-likeness (QED) is 0.868. The zero-order valence-electron chi connectivity index (χ0n) is 10.8. The Hall–Kier alpha value is -0.420. The monoisotopic (exact) mass is 253 g/mol. The number of likely N-dealkylation sites (tertiary alicyclic amines) is 1. The molecule has 96 valence electrons. The van der Waals surface area contributed by atoms with E-state index in [0.29, 0.717) is 12.1 Å². The van der Waals surface area contributed by atoms with Gasteiger partial charge in [0, 0.05) is 25.2 Å². The second kappa shape index (κ2) is 5.96. The molecule has 2 atom stereocenters. The van der Waals surface area contributed by atoms with E-state index in [1.807, 2.05) is 0 Å². The van der Waals surface area contributed by atoms with Crippen LogP contribution in [0.2, 0.25) is 0 Å². The van der Waals surface area contributed by atoms with Crippen molar-refractivity contribution in [1.82, 2.24) is 9.80 Å². The van der Waals surface area contributed by atoms with Gasteiger partial charge in [0.15, 0.2) is 0 Å². The lowest BCUT2D eigenvalue weighted by molar-refractivity contribution is 0.156. The largest absolute Gasteiger partial charge is 0.329 e. The van der Waals surface area contributed by atoms with Crippen LogP contribution in [0.5, 0.6) is 0 Å². The Balaban J connectivity index is 2.08. The second-order valence-corrected chi connectivity index (χ2v) is 5.88. The SMILES string of the molecule is CN(C)CC1CCCN1C(CN)c1ccsc1. The van der Waals surface area contributed by atoms with Crippen LogP contribution >= 0.6 is 11.3 Å². The smallest absolute Gasteiger partial charge is 0.0482 e. The minimum absolute atomic E-state index is 0.411. The van der Waals surface area contributed by atoms with Gasteiger partial charge in [0.05, 0.1) is 0 Å². The van der Waals surface area contributed by atoms with Gasteiger partial charge in [-0.25, -0.2) is 0 Å². The number of nitrogens with zero attached hydrogens (tertiary/aromatic N) is 2. The first kappa shape index (κ1) is 13.0. The van der Waals surface area contributed by atoms with Gasteiger partial charge >= 0.3 is 0 Å². The van der Waals surface area contributed by atoms with Crippen molar-refractivity contribution in [3.05, 3.63) is 22.4 Å². The number of hydrogen-bond acceptors (Lipinski definition) is 4. The van der Waals surface area contributed by atoms with Gasteiger partial charge in [-0.15, -0.1) is 0 Å². The van der Waals surface area contributed by atoms with Gasteiger partial charge in [-0.3, -0.25) is 4.90 Å². The summed E-state index contributed by atoms with van der Waals surface area (Å²) in [5.74, 6) is 0. The predicted molar refractivity (Wildman–Crippen MR) is 74.4 cm³/mol. The van der Waals surface area contributed by atoms with Crippen molar-refractivity contribution in [1.29, 1.82) is 0 Å². The van der Waals surface area contributed by atoms with E-state index in [-0.39, 0.29) is 0 Å². The third-order valence-electron chi connectivity index (χ3n) is 3.55. The fourth-order valence-corrected chi connectivity index (χ4v) is 3.52. The molecule has 0 spiro atoms. The Morgan fingerprint density at radius 3 is 3.00 bits per heavy atom. The van der Waals surface area contributed by atoms with E-state index in [9.17, 15) is 0 Å². The molecule has 2 N–H and O–H groups in total. The highest BCUT2D eigenvalue weighted by Crippen LogP contribution is 2.30. The molecule has 2 unspecified atom stereocenters. The molecule has 1 aliphatic rings. The van der Waals surface area contributed by atoms with Crippen LogP contribution in [0.25, 0.3) is 0 Å². The van der Waals surface area contributed by atoms with E-state index < -0.39 is 0 Å². The van der Waals surface area contributed by atoms with Crippen molar-refractivity contribution in [3.8, 4) is 0 Å². The van der Waals surface area contributed by atoms with E-state index in [2.05, 4.69) is 40.7 Å². The van der Waals surface area contributed by atoms with Crippen LogP contribution in [-0.4, -0.2) is 49.6 Å². The van der Waals surface area contributed by atoms with Gasteiger partial charge in [0.1, 0.15) is 0 Å². The Morgan fingerprint density at radius 1 is 1.59 bits per heavy atom. The Kier molecular flexibility index (Phi) is 4.56. The lowest BCUT2D eigenvalue weighted by atomic mass is 10.1. The van der Waals surface area contributed by atoms with Gasteiger partial charge in [-0.05, 0) is 55.9 Å². The summed E-state index contributed by atoms with van der Waals surface area (Å²) in [5.41, 5.74) is 7.38. The Morgan fingerprint density at radius 2 is 2.41 bits per heavy atom. The summed E-state index contributed by atoms with van der Waals surface area (Å²) < 4.78 is 0. The number of nitrogens with two attached hydrogens (primary N) is 1. The molecule has 0 saturated carbocycles. The number of hydrogen-bond donors (Lipinski definition) is 1. The molecule has 0 amide bonds. The fourth-order valence-electron chi connectivity index (χ4n) is 2.81. The summed E-state index contributed by atoms with van der Waals surface area (Å²) in [6, 6.07) is 3.29. The van der Waals surface area contributed by atoms with Crippen LogP contribution in [0, 0.1) is 0 Å². The van der Waals surface area contributed by atoms with Crippen molar-refractivity contribution in [2.75, 3.05) is 33.7 Å². The van der Waals surface area contributed by atoms with Crippen molar-refractivity contribution < 1.29 is 0 Å². The first-order valence-corrected chi connectivity index (χ1v) is 7.29. The van der Waals surface area contributed by atoms with E-state index >= 15 is 0 Å². The molecule has 1 saturated heterocycles. The van der Waals surface area contributed by atoms with Crippen LogP contribution in [0.15, 0.2) is 16.8 Å². The zero-order chi connectivity index (χ0) is 12.3. The molecule has 3 nitrogen and oxygen atoms in total. The van der Waals surface area contributed by atoms with E-state index in [1.165, 1.54) is 24.9 Å². The van der Waals surface area contributed by atoms with Gasteiger partial charge in [-0.1, -0.05) is 0 Å². The highest BCUT2D eigenvalue weighted by molar-refractivity contribution is 7.07. The topological polar surface area (TPSA) is 32.5 Å². The number of likely N-dealkylation sites (N-methyl/N-ethyl adjacent to an activating group) is 1. The third kappa shape index (κ3) is 3.07. The molecule has 1 aromatic rings. The van der Waals surface area contributed by atoms with Crippen molar-refractivity contribution >= 4 is 11.3 Å². The summed E-state index contributed by atoms with van der Waals surface area (Å²) >= 11 is 1.76. The summed E-state index contributed by atoms with van der Waals surface area (Å²) in [6.45, 7) is 3.05. The van der Waals surface area contributed by atoms with Crippen LogP contribution in [0.1, 0.15) is 24.4 Å². The van der Waals surface area contributed by atoms with Gasteiger partial charge in [0.25, 0.3) is 0 Å². The number of rotatable bonds is 5. The second-order valence-electron chi connectivity index (χ2n) is 5.10. The standard InChI is InChI=1S/C13H23N3S/c1-15(2)9-12-4-3-6-16(12)13(8-14)11-5-7-17-10-11/h5,7,10,12-13H,3-4,6,8-9,14H2,1-2H3. The lowest BCUT2D eigenvalue weighted by Crippen LogP contribution is -2.42. The molecular formula is C13H23N3S. The molecule has 0 aliphatic carbocycles. The summed E-state index contributed by atoms with van der Waals surface area (Å²) in [5, 5.41) is 4.39. The first-order chi connectivity index (χ1) is 8.22. The lowest BCUT2D eigenvalue weighted by Gasteiger charge is -2.33. The highest BCUT2D eigenvalue weighted by atomic mass is 32.1. The van der Waals surface area contributed by atoms with Gasteiger partial charge in [0.2, 0.25) is 0 Å². The molecule has 1 aromatic heterocycles. The summed E-state index contributed by atoms with van der Waals surface area (Å²) in [6.07, 6.45) is 2.61. The van der Waals surface area contributed by atoms with Crippen molar-refractivity contribution in [2.24, 2.45) is 5.73 Å². The fraction of sp³-hybridized carbons (Fsp3) is 0.692. The molecular weight excluding hydrogens is 230 g/mol. The first-order valence-electron chi connectivity index (χ1n) is 6.35. The normalized spacial score (nSPS) is 23.4. The molecule has 4 heteroatoms. The summed E-state index contributed by atoms with van der Waals surface area (Å²) in [7, 11) is 4.30. The van der Waals surface area contributed by atoms with E-state index in [1.54, 1.807) is 11.3 Å².